The van der Waals surface area contributed by atoms with Crippen molar-refractivity contribution < 1.29 is 13.2 Å². The first kappa shape index (κ1) is 22.8. The van der Waals surface area contributed by atoms with Gasteiger partial charge in [-0.2, -0.15) is 0 Å². The quantitative estimate of drug-likeness (QED) is 0.538. The van der Waals surface area contributed by atoms with E-state index in [4.69, 9.17) is 4.74 Å². The molecule has 2 atom stereocenters. The number of rotatable bonds is 8. The van der Waals surface area contributed by atoms with E-state index in [1.165, 1.54) is 4.88 Å². The average molecular weight is 472 g/mol. The third-order valence-electron chi connectivity index (χ3n) is 5.84. The summed E-state index contributed by atoms with van der Waals surface area (Å²) in [4.78, 5) is 6.17. The summed E-state index contributed by atoms with van der Waals surface area (Å²) in [5.74, 6) is 0.875. The smallest absolute Gasteiger partial charge is 0.240 e. The number of piperazine rings is 1. The Labute approximate surface area is 194 Å². The first-order valence-electron chi connectivity index (χ1n) is 10.7. The predicted molar refractivity (Wildman–Crippen MR) is 130 cm³/mol. The molecular weight excluding hydrogens is 442 g/mol. The number of hydrogen-bond acceptors (Lipinski definition) is 6. The summed E-state index contributed by atoms with van der Waals surface area (Å²) in [5, 5.41) is 2.05. The van der Waals surface area contributed by atoms with E-state index < -0.39 is 10.0 Å². The van der Waals surface area contributed by atoms with E-state index >= 15 is 0 Å². The molecule has 1 saturated heterocycles. The van der Waals surface area contributed by atoms with Gasteiger partial charge in [-0.25, -0.2) is 13.1 Å². The van der Waals surface area contributed by atoms with Gasteiger partial charge >= 0.3 is 0 Å². The maximum atomic E-state index is 13.0. The molecule has 2 heterocycles. The van der Waals surface area contributed by atoms with Crippen molar-refractivity contribution in [2.45, 2.75) is 23.9 Å². The van der Waals surface area contributed by atoms with Crippen molar-refractivity contribution in [3.8, 4) is 5.75 Å². The predicted octanol–water partition coefficient (Wildman–Crippen LogP) is 3.99. The van der Waals surface area contributed by atoms with Gasteiger partial charge in [-0.3, -0.25) is 4.90 Å². The van der Waals surface area contributed by atoms with E-state index in [2.05, 4.69) is 26.7 Å². The van der Waals surface area contributed by atoms with Crippen LogP contribution in [0.3, 0.4) is 0 Å². The molecule has 0 aliphatic carbocycles. The lowest BCUT2D eigenvalue weighted by molar-refractivity contribution is 0.163. The molecule has 1 fully saturated rings. The summed E-state index contributed by atoms with van der Waals surface area (Å²) in [5.41, 5.74) is 1.10. The lowest BCUT2D eigenvalue weighted by Crippen LogP contribution is -2.52. The fourth-order valence-electron chi connectivity index (χ4n) is 4.31. The van der Waals surface area contributed by atoms with Crippen molar-refractivity contribution in [3.63, 3.8) is 0 Å². The summed E-state index contributed by atoms with van der Waals surface area (Å²) in [7, 11) is -1.90. The standard InChI is InChI=1S/C24H29N3O3S2/c1-19(25-32(28,29)20-9-4-3-5-10-20)24(23-13-8-18-31-23)27-16-14-26(15-17-27)21-11-6-7-12-22(21)30-2/h3-13,18-19,24-25H,14-17H2,1-2H3/t19-,24-/m0/s1. The molecule has 1 aliphatic heterocycles. The summed E-state index contributed by atoms with van der Waals surface area (Å²) >= 11 is 1.67. The lowest BCUT2D eigenvalue weighted by Gasteiger charge is -2.42. The monoisotopic (exact) mass is 471 g/mol. The molecule has 170 valence electrons. The molecule has 3 aromatic rings. The van der Waals surface area contributed by atoms with Crippen LogP contribution < -0.4 is 14.4 Å². The highest BCUT2D eigenvalue weighted by Gasteiger charge is 2.32. The van der Waals surface area contributed by atoms with Crippen LogP contribution in [0.1, 0.15) is 17.8 Å². The normalized spacial score (nSPS) is 17.1. The van der Waals surface area contributed by atoms with Gasteiger partial charge in [0.2, 0.25) is 10.0 Å². The maximum Gasteiger partial charge on any atom is 0.240 e. The van der Waals surface area contributed by atoms with E-state index in [-0.39, 0.29) is 17.0 Å². The van der Waals surface area contributed by atoms with Crippen LogP contribution in [-0.2, 0) is 10.0 Å². The minimum Gasteiger partial charge on any atom is -0.495 e. The van der Waals surface area contributed by atoms with Crippen molar-refractivity contribution >= 4 is 27.0 Å². The Hall–Kier alpha value is -2.39. The molecule has 6 nitrogen and oxygen atoms in total. The number of benzene rings is 2. The summed E-state index contributed by atoms with van der Waals surface area (Å²) in [6.07, 6.45) is 0. The van der Waals surface area contributed by atoms with Gasteiger partial charge in [0.05, 0.1) is 23.7 Å². The second kappa shape index (κ2) is 10.0. The molecule has 0 amide bonds. The van der Waals surface area contributed by atoms with Crippen LogP contribution in [0.2, 0.25) is 0 Å². The van der Waals surface area contributed by atoms with E-state index in [1.54, 1.807) is 42.7 Å². The summed E-state index contributed by atoms with van der Waals surface area (Å²) in [6.45, 7) is 5.31. The van der Waals surface area contributed by atoms with Crippen molar-refractivity contribution in [1.82, 2.24) is 9.62 Å². The number of nitrogens with zero attached hydrogens (tertiary/aromatic N) is 2. The largest absolute Gasteiger partial charge is 0.495 e. The topological polar surface area (TPSA) is 61.9 Å². The number of anilines is 1. The van der Waals surface area contributed by atoms with Crippen LogP contribution in [0.25, 0.3) is 0 Å². The minimum absolute atomic E-state index is 0.0340. The second-order valence-corrected chi connectivity index (χ2v) is 10.6. The summed E-state index contributed by atoms with van der Waals surface area (Å²) in [6, 6.07) is 20.4. The third-order valence-corrected chi connectivity index (χ3v) is 8.35. The van der Waals surface area contributed by atoms with Crippen LogP contribution in [0.5, 0.6) is 5.75 Å². The van der Waals surface area contributed by atoms with Gasteiger partial charge in [-0.15, -0.1) is 11.3 Å². The molecule has 1 N–H and O–H groups in total. The highest BCUT2D eigenvalue weighted by Crippen LogP contribution is 2.33. The van der Waals surface area contributed by atoms with Gasteiger partial charge in [0.15, 0.2) is 0 Å². The van der Waals surface area contributed by atoms with E-state index in [0.717, 1.165) is 37.6 Å². The number of para-hydroxylation sites is 2. The Morgan fingerprint density at radius 3 is 2.28 bits per heavy atom. The zero-order valence-electron chi connectivity index (χ0n) is 18.3. The molecule has 1 aromatic heterocycles. The molecule has 1 aliphatic rings. The maximum absolute atomic E-state index is 13.0. The molecular formula is C24H29N3O3S2. The van der Waals surface area contributed by atoms with Gasteiger partial charge in [0.1, 0.15) is 5.75 Å². The molecule has 2 aromatic carbocycles. The number of methoxy groups -OCH3 is 1. The fourth-order valence-corrected chi connectivity index (χ4v) is 6.54. The fraction of sp³-hybridized carbons (Fsp3) is 0.333. The summed E-state index contributed by atoms with van der Waals surface area (Å²) < 4.78 is 34.4. The highest BCUT2D eigenvalue weighted by molar-refractivity contribution is 7.89. The molecule has 0 unspecified atom stereocenters. The van der Waals surface area contributed by atoms with Crippen molar-refractivity contribution in [3.05, 3.63) is 77.0 Å². The lowest BCUT2D eigenvalue weighted by atomic mass is 10.1. The van der Waals surface area contributed by atoms with Crippen LogP contribution in [0.4, 0.5) is 5.69 Å². The third kappa shape index (κ3) is 4.99. The first-order chi connectivity index (χ1) is 15.5. The number of nitrogens with one attached hydrogen (secondary N) is 1. The van der Waals surface area contributed by atoms with E-state index in [9.17, 15) is 8.42 Å². The molecule has 32 heavy (non-hydrogen) atoms. The molecule has 0 bridgehead atoms. The minimum atomic E-state index is -3.60. The number of thiophene rings is 1. The number of ether oxygens (including phenoxy) is 1. The SMILES string of the molecule is COc1ccccc1N1CCN([C@H](c2cccs2)[C@H](C)NS(=O)(=O)c2ccccc2)CC1. The van der Waals surface area contributed by atoms with Crippen LogP contribution in [-0.4, -0.2) is 52.6 Å². The van der Waals surface area contributed by atoms with Crippen molar-refractivity contribution in [1.29, 1.82) is 0 Å². The molecule has 8 heteroatoms. The Morgan fingerprint density at radius 1 is 0.938 bits per heavy atom. The Morgan fingerprint density at radius 2 is 1.62 bits per heavy atom. The second-order valence-electron chi connectivity index (χ2n) is 7.88. The van der Waals surface area contributed by atoms with Gasteiger partial charge in [0.25, 0.3) is 0 Å². The van der Waals surface area contributed by atoms with Crippen LogP contribution >= 0.6 is 11.3 Å². The van der Waals surface area contributed by atoms with Crippen LogP contribution in [0, 0.1) is 0 Å². The van der Waals surface area contributed by atoms with Crippen molar-refractivity contribution in [2.24, 2.45) is 0 Å². The van der Waals surface area contributed by atoms with Gasteiger partial charge < -0.3 is 9.64 Å². The average Bonchev–Trinajstić information content (AvgIpc) is 3.34. The Balaban J connectivity index is 1.51. The van der Waals surface area contributed by atoms with Gasteiger partial charge in [0, 0.05) is 37.1 Å². The zero-order chi connectivity index (χ0) is 22.6. The molecule has 0 radical (unpaired) electrons. The van der Waals surface area contributed by atoms with Gasteiger partial charge in [-0.05, 0) is 42.6 Å². The molecule has 0 spiro atoms. The zero-order valence-corrected chi connectivity index (χ0v) is 20.0. The number of hydrogen-bond donors (Lipinski definition) is 1. The van der Waals surface area contributed by atoms with Crippen molar-refractivity contribution in [2.75, 3.05) is 38.2 Å². The number of sulfonamides is 1. The van der Waals surface area contributed by atoms with E-state index in [0.29, 0.717) is 0 Å². The first-order valence-corrected chi connectivity index (χ1v) is 13.1. The Bertz CT molecular complexity index is 1100. The molecule has 4 rings (SSSR count). The molecule has 0 saturated carbocycles. The Kier molecular flexibility index (Phi) is 7.15. The highest BCUT2D eigenvalue weighted by atomic mass is 32.2. The van der Waals surface area contributed by atoms with E-state index in [1.807, 2.05) is 42.6 Å². The van der Waals surface area contributed by atoms with Gasteiger partial charge in [-0.1, -0.05) is 36.4 Å². The van der Waals surface area contributed by atoms with Crippen LogP contribution in [0.15, 0.2) is 77.0 Å².